The van der Waals surface area contributed by atoms with Gasteiger partial charge in [0.25, 0.3) is 0 Å². The molecule has 1 heterocycles. The van der Waals surface area contributed by atoms with Crippen LogP contribution in [0.25, 0.3) is 10.6 Å². The number of methoxy groups -OCH3 is 3. The van der Waals surface area contributed by atoms with Crippen molar-refractivity contribution in [1.82, 2.24) is 4.98 Å². The highest BCUT2D eigenvalue weighted by atomic mass is 35.5. The molecule has 112 valence electrons. The first kappa shape index (κ1) is 15.6. The maximum absolute atomic E-state index is 11.5. The van der Waals surface area contributed by atoms with Crippen LogP contribution in [0.5, 0.6) is 17.2 Å². The van der Waals surface area contributed by atoms with Crippen molar-refractivity contribution in [2.75, 3.05) is 27.2 Å². The lowest BCUT2D eigenvalue weighted by atomic mass is 10.2. The van der Waals surface area contributed by atoms with E-state index < -0.39 is 0 Å². The molecule has 0 N–H and O–H groups in total. The minimum Gasteiger partial charge on any atom is -0.493 e. The van der Waals surface area contributed by atoms with E-state index in [1.54, 1.807) is 38.8 Å². The molecule has 7 heteroatoms. The summed E-state index contributed by atoms with van der Waals surface area (Å²) < 4.78 is 15.9. The number of Topliss-reactive ketones (excluding diaryl/α,β-unsaturated/α-hetero) is 1. The van der Waals surface area contributed by atoms with E-state index in [9.17, 15) is 4.79 Å². The Morgan fingerprint density at radius 2 is 1.81 bits per heavy atom. The largest absolute Gasteiger partial charge is 0.493 e. The summed E-state index contributed by atoms with van der Waals surface area (Å²) in [5, 5.41) is 2.37. The summed E-state index contributed by atoms with van der Waals surface area (Å²) in [6.45, 7) is 0. The van der Waals surface area contributed by atoms with Gasteiger partial charge in [0.05, 0.1) is 27.2 Å². The molecule has 21 heavy (non-hydrogen) atoms. The number of hydrogen-bond donors (Lipinski definition) is 0. The van der Waals surface area contributed by atoms with Gasteiger partial charge in [0.1, 0.15) is 10.7 Å². The lowest BCUT2D eigenvalue weighted by molar-refractivity contribution is 0.101. The first-order valence-electron chi connectivity index (χ1n) is 5.99. The maximum Gasteiger partial charge on any atom is 0.203 e. The molecule has 1 aromatic heterocycles. The van der Waals surface area contributed by atoms with Crippen LogP contribution < -0.4 is 14.2 Å². The van der Waals surface area contributed by atoms with E-state index >= 15 is 0 Å². The van der Waals surface area contributed by atoms with E-state index in [2.05, 4.69) is 4.98 Å². The van der Waals surface area contributed by atoms with Crippen LogP contribution in [0.2, 0.25) is 0 Å². The molecule has 0 saturated heterocycles. The van der Waals surface area contributed by atoms with Gasteiger partial charge in [-0.15, -0.1) is 22.9 Å². The van der Waals surface area contributed by atoms with Crippen molar-refractivity contribution in [3.8, 4) is 27.8 Å². The highest BCUT2D eigenvalue weighted by Gasteiger charge is 2.17. The molecule has 0 spiro atoms. The average Bonchev–Trinajstić information content (AvgIpc) is 3.02. The number of rotatable bonds is 6. The van der Waals surface area contributed by atoms with Gasteiger partial charge < -0.3 is 14.2 Å². The van der Waals surface area contributed by atoms with E-state index in [0.717, 1.165) is 5.56 Å². The first-order valence-corrected chi connectivity index (χ1v) is 7.41. The third-order valence-corrected chi connectivity index (χ3v) is 3.96. The standard InChI is InChI=1S/C14H14ClNO4S/c1-18-11-4-8(5-12(19-2)13(11)20-3)14-16-9(7-21-14)10(17)6-15/h4-5,7H,6H2,1-3H3. The topological polar surface area (TPSA) is 57.7 Å². The van der Waals surface area contributed by atoms with E-state index in [0.29, 0.717) is 28.0 Å². The molecule has 0 bridgehead atoms. The van der Waals surface area contributed by atoms with Gasteiger partial charge in [-0.25, -0.2) is 4.98 Å². The Morgan fingerprint density at radius 1 is 1.19 bits per heavy atom. The molecule has 0 amide bonds. The molecule has 0 radical (unpaired) electrons. The van der Waals surface area contributed by atoms with Gasteiger partial charge >= 0.3 is 0 Å². The van der Waals surface area contributed by atoms with Gasteiger partial charge in [-0.1, -0.05) is 0 Å². The molecule has 0 aliphatic carbocycles. The molecule has 0 fully saturated rings. The molecule has 2 aromatic rings. The molecule has 0 unspecified atom stereocenters. The van der Waals surface area contributed by atoms with Crippen LogP contribution in [0.3, 0.4) is 0 Å². The van der Waals surface area contributed by atoms with Gasteiger partial charge in [-0.05, 0) is 12.1 Å². The fourth-order valence-electron chi connectivity index (χ4n) is 1.81. The number of carbonyl (C=O) groups is 1. The van der Waals surface area contributed by atoms with Crippen LogP contribution in [0.4, 0.5) is 0 Å². The van der Waals surface area contributed by atoms with E-state index in [-0.39, 0.29) is 11.7 Å². The van der Waals surface area contributed by atoms with Crippen LogP contribution in [0, 0.1) is 0 Å². The Labute approximate surface area is 131 Å². The molecule has 0 atom stereocenters. The minimum absolute atomic E-state index is 0.0849. The van der Waals surface area contributed by atoms with Crippen molar-refractivity contribution >= 4 is 28.7 Å². The molecular formula is C14H14ClNO4S. The normalized spacial score (nSPS) is 10.3. The predicted molar refractivity (Wildman–Crippen MR) is 82.3 cm³/mol. The monoisotopic (exact) mass is 327 g/mol. The summed E-state index contributed by atoms with van der Waals surface area (Å²) in [6.07, 6.45) is 0. The fourth-order valence-corrected chi connectivity index (χ4v) is 2.76. The zero-order chi connectivity index (χ0) is 15.4. The Balaban J connectivity index is 2.49. The number of aromatic nitrogens is 1. The van der Waals surface area contributed by atoms with Crippen LogP contribution >= 0.6 is 22.9 Å². The van der Waals surface area contributed by atoms with Crippen LogP contribution in [-0.4, -0.2) is 38.0 Å². The zero-order valence-electron chi connectivity index (χ0n) is 11.8. The Kier molecular flexibility index (Phi) is 5.03. The van der Waals surface area contributed by atoms with Gasteiger partial charge in [-0.2, -0.15) is 0 Å². The van der Waals surface area contributed by atoms with Crippen molar-refractivity contribution in [3.63, 3.8) is 0 Å². The van der Waals surface area contributed by atoms with Crippen molar-refractivity contribution in [1.29, 1.82) is 0 Å². The highest BCUT2D eigenvalue weighted by molar-refractivity contribution is 7.13. The third kappa shape index (κ3) is 3.11. The van der Waals surface area contributed by atoms with Crippen molar-refractivity contribution in [3.05, 3.63) is 23.2 Å². The number of nitrogens with zero attached hydrogens (tertiary/aromatic N) is 1. The molecule has 5 nitrogen and oxygen atoms in total. The van der Waals surface area contributed by atoms with Gasteiger partial charge in [-0.3, -0.25) is 4.79 Å². The predicted octanol–water partition coefficient (Wildman–Crippen LogP) is 3.26. The van der Waals surface area contributed by atoms with Crippen LogP contribution in [-0.2, 0) is 0 Å². The Bertz CT molecular complexity index is 631. The molecular weight excluding hydrogens is 314 g/mol. The summed E-state index contributed by atoms with van der Waals surface area (Å²) in [7, 11) is 4.64. The van der Waals surface area contributed by atoms with Crippen molar-refractivity contribution in [2.45, 2.75) is 0 Å². The second-order valence-electron chi connectivity index (χ2n) is 4.01. The second kappa shape index (κ2) is 6.78. The number of halogens is 1. The number of ketones is 1. The zero-order valence-corrected chi connectivity index (χ0v) is 13.4. The van der Waals surface area contributed by atoms with Gasteiger partial charge in [0.15, 0.2) is 17.3 Å². The summed E-state index contributed by atoms with van der Waals surface area (Å²) in [5.41, 5.74) is 1.14. The lowest BCUT2D eigenvalue weighted by Crippen LogP contribution is -2.00. The average molecular weight is 328 g/mol. The number of benzene rings is 1. The number of hydrogen-bond acceptors (Lipinski definition) is 6. The molecule has 0 aliphatic rings. The lowest BCUT2D eigenvalue weighted by Gasteiger charge is -2.13. The maximum atomic E-state index is 11.5. The number of carbonyl (C=O) groups excluding carboxylic acids is 1. The van der Waals surface area contributed by atoms with Crippen LogP contribution in [0.1, 0.15) is 10.5 Å². The molecule has 2 rings (SSSR count). The number of thiazole rings is 1. The highest BCUT2D eigenvalue weighted by Crippen LogP contribution is 2.41. The van der Waals surface area contributed by atoms with Gasteiger partial charge in [0, 0.05) is 10.9 Å². The van der Waals surface area contributed by atoms with Crippen molar-refractivity contribution < 1.29 is 19.0 Å². The van der Waals surface area contributed by atoms with E-state index in [1.807, 2.05) is 0 Å². The minimum atomic E-state index is -0.202. The Hall–Kier alpha value is -1.79. The molecule has 0 aliphatic heterocycles. The number of alkyl halides is 1. The Morgan fingerprint density at radius 3 is 2.29 bits per heavy atom. The van der Waals surface area contributed by atoms with Gasteiger partial charge in [0.2, 0.25) is 5.75 Å². The number of ether oxygens (including phenoxy) is 3. The summed E-state index contributed by atoms with van der Waals surface area (Å²) >= 11 is 6.89. The fraction of sp³-hybridized carbons (Fsp3) is 0.286. The van der Waals surface area contributed by atoms with E-state index in [1.165, 1.54) is 11.3 Å². The summed E-state index contributed by atoms with van der Waals surface area (Å²) in [5.74, 6) is 1.29. The quantitative estimate of drug-likeness (QED) is 0.602. The van der Waals surface area contributed by atoms with E-state index in [4.69, 9.17) is 25.8 Å². The molecule has 0 saturated carbocycles. The SMILES string of the molecule is COc1cc(-c2nc(C(=O)CCl)cs2)cc(OC)c1OC. The summed E-state index contributed by atoms with van der Waals surface area (Å²) in [6, 6.07) is 3.57. The third-order valence-electron chi connectivity index (χ3n) is 2.82. The van der Waals surface area contributed by atoms with Crippen LogP contribution in [0.15, 0.2) is 17.5 Å². The summed E-state index contributed by atoms with van der Waals surface area (Å²) in [4.78, 5) is 15.8. The second-order valence-corrected chi connectivity index (χ2v) is 5.13. The molecule has 1 aromatic carbocycles. The first-order chi connectivity index (χ1) is 10.1. The smallest absolute Gasteiger partial charge is 0.203 e. The van der Waals surface area contributed by atoms with Crippen molar-refractivity contribution in [2.24, 2.45) is 0 Å².